The number of amides is 1. The van der Waals surface area contributed by atoms with E-state index in [1.165, 1.54) is 19.1 Å². The van der Waals surface area contributed by atoms with Gasteiger partial charge in [-0.05, 0) is 33.1 Å². The molecule has 29 atom stereocenters. The molecule has 5 rings (SSSR count). The summed E-state index contributed by atoms with van der Waals surface area (Å²) in [5.74, 6) is -9.33. The van der Waals surface area contributed by atoms with Gasteiger partial charge in [-0.1, -0.05) is 98.9 Å². The van der Waals surface area contributed by atoms with Crippen LogP contribution < -0.4 is 10.6 Å². The number of hydrogen-bond acceptors (Lipinski definition) is 29. The topological polar surface area (TPSA) is 507 Å². The smallest absolute Gasteiger partial charge is 0.308 e. The van der Waals surface area contributed by atoms with Gasteiger partial charge in [0, 0.05) is 44.1 Å². The van der Waals surface area contributed by atoms with Crippen molar-refractivity contribution >= 4 is 11.9 Å². The number of carbonyl (C=O) groups excluding carboxylic acids is 2. The van der Waals surface area contributed by atoms with Crippen LogP contribution in [0.3, 0.4) is 0 Å². The van der Waals surface area contributed by atoms with Gasteiger partial charge in [0.05, 0.1) is 118 Å². The number of carbonyl (C=O) groups is 2. The van der Waals surface area contributed by atoms with E-state index < -0.39 is 247 Å². The van der Waals surface area contributed by atoms with E-state index in [2.05, 4.69) is 10.6 Å². The molecule has 30 heteroatoms. The maximum absolute atomic E-state index is 14.0. The van der Waals surface area contributed by atoms with Crippen molar-refractivity contribution in [3.63, 3.8) is 0 Å². The Hall–Kier alpha value is -3.92. The highest BCUT2D eigenvalue weighted by atomic mass is 16.7. The summed E-state index contributed by atoms with van der Waals surface area (Å²) in [7, 11) is 0. The molecule has 21 N–H and O–H groups in total. The standard InChI is InChI=1S/C62H100N2O28/c1-32-17-15-13-11-9-7-5-6-8-10-12-14-16-18-40(89-59-53(79)49(51(77)35(4)88-59)64-31-62(85)57(82)56(44(74)30-86-62)91-60-55(81)54(80)52(78)46(29-66)90-60)24-45-48(58(83)63-27-39(70)28-65)43(73)26-61(84,92-45)25-38(69)22-42(72)41(71)20-19-36(67)21-37(68)23-47(75)87-34(3)33(2)50(32)76/h5-18,32-46,48-57,59-60,64-74,76-82,84-85H,19-31H2,1-4H3,(H,63,83)/b6-5+,9-7+,10-8+,13-11+,14-12+,17-15+,18-16+/t32-,33-,34-,35+,36+,37+,38-,39?,40-,41+,42+,43-,44+,45?,46+,48?,49-,50+,51+,52+,53-,54-,55+,56+,57-,59?,60?,61+,62+/m0/s1. The Balaban J connectivity index is 1.42. The molecule has 5 unspecified atom stereocenters. The van der Waals surface area contributed by atoms with E-state index in [-0.39, 0.29) is 25.2 Å². The molecule has 526 valence electrons. The zero-order chi connectivity index (χ0) is 68.2. The van der Waals surface area contributed by atoms with Crippen molar-refractivity contribution in [1.29, 1.82) is 0 Å². The number of allylic oxidation sites excluding steroid dienone is 12. The molecular formula is C62H100N2O28. The molecule has 92 heavy (non-hydrogen) atoms. The number of rotatable bonds is 12. The molecule has 4 fully saturated rings. The molecule has 0 radical (unpaired) electrons. The van der Waals surface area contributed by atoms with Crippen LogP contribution in [0, 0.1) is 17.8 Å². The summed E-state index contributed by atoms with van der Waals surface area (Å²) >= 11 is 0. The second kappa shape index (κ2) is 37.6. The molecule has 0 spiro atoms. The molecule has 4 saturated heterocycles. The number of nitrogens with one attached hydrogen (secondary N) is 2. The van der Waals surface area contributed by atoms with Crippen molar-refractivity contribution in [3.8, 4) is 0 Å². The van der Waals surface area contributed by atoms with Crippen molar-refractivity contribution in [2.24, 2.45) is 17.8 Å². The summed E-state index contributed by atoms with van der Waals surface area (Å²) in [6.07, 6.45) is -16.7. The first-order chi connectivity index (χ1) is 43.4. The number of aliphatic hydroxyl groups is 19. The minimum Gasteiger partial charge on any atom is -0.462 e. The molecule has 0 saturated carbocycles. The number of fused-ring (bicyclic) bond motifs is 2. The van der Waals surface area contributed by atoms with Crippen molar-refractivity contribution in [3.05, 3.63) is 85.1 Å². The number of ether oxygens (including phenoxy) is 7. The molecule has 0 aromatic heterocycles. The Kier molecular flexibility index (Phi) is 32.2. The van der Waals surface area contributed by atoms with Gasteiger partial charge in [0.2, 0.25) is 11.7 Å². The average molecular weight is 1320 g/mol. The molecule has 5 heterocycles. The van der Waals surface area contributed by atoms with E-state index in [4.69, 9.17) is 33.2 Å². The second-order valence-corrected chi connectivity index (χ2v) is 24.6. The van der Waals surface area contributed by atoms with Gasteiger partial charge < -0.3 is 141 Å². The van der Waals surface area contributed by atoms with E-state index in [1.54, 1.807) is 93.7 Å². The Morgan fingerprint density at radius 3 is 1.86 bits per heavy atom. The first kappa shape index (κ1) is 78.8. The van der Waals surface area contributed by atoms with Crippen LogP contribution in [0.2, 0.25) is 0 Å². The van der Waals surface area contributed by atoms with Gasteiger partial charge in [0.1, 0.15) is 54.9 Å². The predicted octanol–water partition coefficient (Wildman–Crippen LogP) is -5.65. The fraction of sp³-hybridized carbons (Fsp3) is 0.742. The lowest BCUT2D eigenvalue weighted by atomic mass is 9.82. The minimum atomic E-state index is -2.70. The van der Waals surface area contributed by atoms with Gasteiger partial charge in [0.15, 0.2) is 18.4 Å². The van der Waals surface area contributed by atoms with E-state index in [1.807, 2.05) is 0 Å². The van der Waals surface area contributed by atoms with Crippen LogP contribution >= 0.6 is 0 Å². The van der Waals surface area contributed by atoms with Crippen LogP contribution in [0.5, 0.6) is 0 Å². The Morgan fingerprint density at radius 2 is 1.24 bits per heavy atom. The van der Waals surface area contributed by atoms with Gasteiger partial charge in [-0.3, -0.25) is 9.59 Å². The van der Waals surface area contributed by atoms with Crippen molar-refractivity contribution in [1.82, 2.24) is 10.6 Å². The quantitative estimate of drug-likeness (QED) is 0.0810. The first-order valence-electron chi connectivity index (χ1n) is 31.1. The lowest BCUT2D eigenvalue weighted by molar-refractivity contribution is -0.368. The SMILES string of the molecule is C[C@@H]1[C@H](O)[C@@H](C)/C=C/C=C/C=C/C=C/C=C/C=C/C=C/[C@H](OC2O[C@H](C)[C@@H](O)[C@H](NC[C@@]3(O)OC[C@@H](O)[C@@H](OC4O[C@H](CO)[C@@H](O)[C@H](O)[C@H]4O)[C@@H]3O)[C@@H]2O)CC2O[C@](O)(C[C@@H](O)C[C@@H](O)[C@H](O)CC[C@@H](O)C[C@@H](O)CC(=O)O[C@H]1C)C[C@H](O)C2C(=O)NCC(O)CO. The van der Waals surface area contributed by atoms with Crippen molar-refractivity contribution in [2.45, 2.75) is 237 Å². The molecule has 5 aliphatic heterocycles. The van der Waals surface area contributed by atoms with Crippen LogP contribution in [-0.2, 0) is 42.7 Å². The fourth-order valence-electron chi connectivity index (χ4n) is 11.4. The molecule has 5 aliphatic rings. The molecule has 2 bridgehead atoms. The van der Waals surface area contributed by atoms with Crippen LogP contribution in [0.15, 0.2) is 85.1 Å². The highest BCUT2D eigenvalue weighted by Crippen LogP contribution is 2.39. The molecule has 0 aliphatic carbocycles. The highest BCUT2D eigenvalue weighted by molar-refractivity contribution is 5.80. The largest absolute Gasteiger partial charge is 0.462 e. The molecule has 30 nitrogen and oxygen atoms in total. The second-order valence-electron chi connectivity index (χ2n) is 24.6. The van der Waals surface area contributed by atoms with E-state index in [9.17, 15) is 107 Å². The van der Waals surface area contributed by atoms with Crippen LogP contribution in [0.1, 0.15) is 79.1 Å². The third kappa shape index (κ3) is 23.1. The summed E-state index contributed by atoms with van der Waals surface area (Å²) in [5, 5.41) is 212. The molecule has 0 aromatic carbocycles. The van der Waals surface area contributed by atoms with Crippen molar-refractivity contribution < 1.29 is 140 Å². The monoisotopic (exact) mass is 1320 g/mol. The fourth-order valence-corrected chi connectivity index (χ4v) is 11.4. The third-order valence-electron chi connectivity index (χ3n) is 17.1. The number of hydrogen-bond donors (Lipinski definition) is 21. The number of esters is 1. The van der Waals surface area contributed by atoms with Crippen LogP contribution in [0.4, 0.5) is 0 Å². The number of aliphatic hydroxyl groups excluding tert-OH is 17. The van der Waals surface area contributed by atoms with E-state index in [0.717, 1.165) is 0 Å². The van der Waals surface area contributed by atoms with Crippen LogP contribution in [-0.4, -0.2) is 300 Å². The summed E-state index contributed by atoms with van der Waals surface area (Å²) < 4.78 is 40.4. The number of cyclic esters (lactones) is 1. The van der Waals surface area contributed by atoms with Gasteiger partial charge >= 0.3 is 5.97 Å². The summed E-state index contributed by atoms with van der Waals surface area (Å²) in [4.78, 5) is 26.7. The zero-order valence-electron chi connectivity index (χ0n) is 52.0. The van der Waals surface area contributed by atoms with Gasteiger partial charge in [-0.25, -0.2) is 0 Å². The maximum atomic E-state index is 14.0. The summed E-state index contributed by atoms with van der Waals surface area (Å²) in [5.41, 5.74) is 0. The first-order valence-corrected chi connectivity index (χ1v) is 31.1. The molecule has 0 aromatic rings. The maximum Gasteiger partial charge on any atom is 0.308 e. The Bertz CT molecular complexity index is 2430. The van der Waals surface area contributed by atoms with E-state index >= 15 is 0 Å². The average Bonchev–Trinajstić information content (AvgIpc) is 0.790. The van der Waals surface area contributed by atoms with Gasteiger partial charge in [0.25, 0.3) is 0 Å². The zero-order valence-corrected chi connectivity index (χ0v) is 52.0. The van der Waals surface area contributed by atoms with Crippen molar-refractivity contribution in [2.75, 3.05) is 32.9 Å². The molecule has 1 amide bonds. The van der Waals surface area contributed by atoms with Gasteiger partial charge in [-0.15, -0.1) is 0 Å². The lowest BCUT2D eigenvalue weighted by Gasteiger charge is -2.48. The van der Waals surface area contributed by atoms with E-state index in [0.29, 0.717) is 0 Å². The Morgan fingerprint density at radius 1 is 0.630 bits per heavy atom. The van der Waals surface area contributed by atoms with Gasteiger partial charge in [-0.2, -0.15) is 0 Å². The minimum absolute atomic E-state index is 0.179. The lowest BCUT2D eigenvalue weighted by Crippen LogP contribution is -2.70. The van der Waals surface area contributed by atoms with Crippen LogP contribution in [0.25, 0.3) is 0 Å². The molecular weight excluding hydrogens is 1220 g/mol. The highest BCUT2D eigenvalue weighted by Gasteiger charge is 2.55. The summed E-state index contributed by atoms with van der Waals surface area (Å²) in [6.45, 7) is 2.91. The predicted molar refractivity (Wildman–Crippen MR) is 321 cm³/mol. The third-order valence-corrected chi connectivity index (χ3v) is 17.1. The normalized spacial score (nSPS) is 46.1. The summed E-state index contributed by atoms with van der Waals surface area (Å²) in [6, 6.07) is -1.51. The Labute approximate surface area is 533 Å².